The zero-order valence-corrected chi connectivity index (χ0v) is 19.2. The topological polar surface area (TPSA) is 107 Å². The van der Waals surface area contributed by atoms with E-state index in [0.717, 1.165) is 37.1 Å². The number of alkyl halides is 3. The van der Waals surface area contributed by atoms with Gasteiger partial charge in [0.2, 0.25) is 15.9 Å². The smallest absolute Gasteiger partial charge is 0.475 e. The lowest BCUT2D eigenvalue weighted by atomic mass is 10.2. The van der Waals surface area contributed by atoms with Crippen LogP contribution in [-0.4, -0.2) is 80.1 Å². The lowest BCUT2D eigenvalue weighted by Crippen LogP contribution is -2.50. The molecule has 1 aliphatic rings. The monoisotopic (exact) mass is 481 g/mol. The van der Waals surface area contributed by atoms with E-state index >= 15 is 0 Å². The fourth-order valence-corrected chi connectivity index (χ4v) is 4.65. The maximum Gasteiger partial charge on any atom is 0.490 e. The summed E-state index contributed by atoms with van der Waals surface area (Å²) in [6.45, 7) is 8.80. The van der Waals surface area contributed by atoms with Crippen LogP contribution in [-0.2, 0) is 19.6 Å². The van der Waals surface area contributed by atoms with E-state index in [1.807, 2.05) is 19.9 Å². The van der Waals surface area contributed by atoms with Gasteiger partial charge in [-0.3, -0.25) is 4.79 Å². The average Bonchev–Trinajstić information content (AvgIpc) is 2.71. The summed E-state index contributed by atoms with van der Waals surface area (Å²) in [5.41, 5.74) is 1.74. The fraction of sp³-hybridized carbons (Fsp3) is 0.600. The molecule has 0 unspecified atom stereocenters. The molecule has 1 aliphatic heterocycles. The van der Waals surface area contributed by atoms with Gasteiger partial charge in [0, 0.05) is 32.7 Å². The minimum absolute atomic E-state index is 0.0876. The molecule has 1 amide bonds. The zero-order chi connectivity index (χ0) is 24.5. The molecule has 0 aromatic heterocycles. The van der Waals surface area contributed by atoms with Crippen LogP contribution in [0, 0.1) is 13.8 Å². The first-order chi connectivity index (χ1) is 14.8. The maximum atomic E-state index is 13.1. The third-order valence-electron chi connectivity index (χ3n) is 4.73. The number of halogens is 3. The van der Waals surface area contributed by atoms with Gasteiger partial charge in [0.15, 0.2) is 0 Å². The summed E-state index contributed by atoms with van der Waals surface area (Å²) in [5, 5.41) is 10.3. The van der Waals surface area contributed by atoms with E-state index in [1.54, 1.807) is 24.0 Å². The van der Waals surface area contributed by atoms with Crippen molar-refractivity contribution in [1.29, 1.82) is 0 Å². The van der Waals surface area contributed by atoms with Crippen molar-refractivity contribution in [3.8, 4) is 0 Å². The molecule has 12 heteroatoms. The Morgan fingerprint density at radius 3 is 2.22 bits per heavy atom. The second-order valence-corrected chi connectivity index (χ2v) is 9.30. The first kappa shape index (κ1) is 27.9. The predicted molar refractivity (Wildman–Crippen MR) is 113 cm³/mol. The van der Waals surface area contributed by atoms with Crippen LogP contribution in [0.2, 0.25) is 0 Å². The van der Waals surface area contributed by atoms with Crippen molar-refractivity contribution in [2.45, 2.75) is 44.7 Å². The molecule has 0 saturated carbocycles. The number of piperazine rings is 1. The van der Waals surface area contributed by atoms with Gasteiger partial charge in [-0.05, 0) is 31.9 Å². The van der Waals surface area contributed by atoms with Crippen LogP contribution in [0.3, 0.4) is 0 Å². The SMILES string of the molecule is CCCCN(CC(=O)N1CCNCC1)S(=O)(=O)c1ccc(C)cc1C.O=C(O)C(F)(F)F. The number of hydrogen-bond donors (Lipinski definition) is 2. The molecule has 8 nitrogen and oxygen atoms in total. The summed E-state index contributed by atoms with van der Waals surface area (Å²) in [5.74, 6) is -2.88. The Labute approximate surface area is 186 Å². The third-order valence-corrected chi connectivity index (χ3v) is 6.74. The van der Waals surface area contributed by atoms with Gasteiger partial charge in [-0.15, -0.1) is 0 Å². The number of unbranched alkanes of at least 4 members (excludes halogenated alkanes) is 1. The quantitative estimate of drug-likeness (QED) is 0.618. The molecule has 1 aromatic carbocycles. The standard InChI is InChI=1S/C18H29N3O3S.C2HF3O2/c1-4-5-10-21(14-18(22)20-11-8-19-9-12-20)25(23,24)17-7-6-15(2)13-16(17)3;3-2(4,5)1(6)7/h6-7,13,19H,4-5,8-12,14H2,1-3H3;(H,6,7). The van der Waals surface area contributed by atoms with Gasteiger partial charge in [0.25, 0.3) is 0 Å². The van der Waals surface area contributed by atoms with Gasteiger partial charge < -0.3 is 15.3 Å². The normalized spacial score (nSPS) is 14.7. The van der Waals surface area contributed by atoms with Gasteiger partial charge in [-0.1, -0.05) is 31.0 Å². The summed E-state index contributed by atoms with van der Waals surface area (Å²) in [7, 11) is -3.68. The van der Waals surface area contributed by atoms with E-state index in [4.69, 9.17) is 9.90 Å². The first-order valence-corrected chi connectivity index (χ1v) is 11.6. The molecule has 0 atom stereocenters. The van der Waals surface area contributed by atoms with Gasteiger partial charge in [-0.2, -0.15) is 17.5 Å². The summed E-state index contributed by atoms with van der Waals surface area (Å²) < 4.78 is 59.3. The molecule has 0 bridgehead atoms. The van der Waals surface area contributed by atoms with Gasteiger partial charge in [0.05, 0.1) is 11.4 Å². The van der Waals surface area contributed by atoms with Crippen LogP contribution in [0.25, 0.3) is 0 Å². The van der Waals surface area contributed by atoms with E-state index < -0.39 is 22.2 Å². The van der Waals surface area contributed by atoms with Crippen molar-refractivity contribution < 1.29 is 36.3 Å². The highest BCUT2D eigenvalue weighted by molar-refractivity contribution is 7.89. The Kier molecular flexibility index (Phi) is 10.6. The number of rotatable bonds is 7. The van der Waals surface area contributed by atoms with Crippen molar-refractivity contribution in [3.05, 3.63) is 29.3 Å². The maximum absolute atomic E-state index is 13.1. The molecule has 182 valence electrons. The number of aryl methyl sites for hydroxylation is 2. The number of carboxylic acids is 1. The minimum atomic E-state index is -5.08. The van der Waals surface area contributed by atoms with Gasteiger partial charge in [-0.25, -0.2) is 13.2 Å². The molecule has 0 radical (unpaired) electrons. The van der Waals surface area contributed by atoms with Crippen LogP contribution in [0.4, 0.5) is 13.2 Å². The van der Waals surface area contributed by atoms with E-state index in [0.29, 0.717) is 24.5 Å². The lowest BCUT2D eigenvalue weighted by molar-refractivity contribution is -0.192. The van der Waals surface area contributed by atoms with Crippen molar-refractivity contribution in [2.24, 2.45) is 0 Å². The second-order valence-electron chi connectivity index (χ2n) is 7.39. The van der Waals surface area contributed by atoms with Gasteiger partial charge >= 0.3 is 12.1 Å². The number of carbonyl (C=O) groups is 2. The largest absolute Gasteiger partial charge is 0.490 e. The molecule has 1 saturated heterocycles. The molecule has 1 heterocycles. The highest BCUT2D eigenvalue weighted by atomic mass is 32.2. The number of amides is 1. The van der Waals surface area contributed by atoms with Crippen LogP contribution < -0.4 is 5.32 Å². The third kappa shape index (κ3) is 8.40. The molecular formula is C20H30F3N3O5S. The number of benzene rings is 1. The molecule has 0 spiro atoms. The van der Waals surface area contributed by atoms with Crippen molar-refractivity contribution in [3.63, 3.8) is 0 Å². The number of nitrogens with zero attached hydrogens (tertiary/aromatic N) is 2. The molecule has 2 N–H and O–H groups in total. The van der Waals surface area contributed by atoms with Crippen LogP contribution in [0.5, 0.6) is 0 Å². The number of carboxylic acid groups (broad SMARTS) is 1. The Morgan fingerprint density at radius 1 is 1.19 bits per heavy atom. The fourth-order valence-electron chi connectivity index (χ4n) is 3.01. The molecule has 0 aliphatic carbocycles. The Balaban J connectivity index is 0.000000633. The zero-order valence-electron chi connectivity index (χ0n) is 18.4. The Hall–Kier alpha value is -2.18. The summed E-state index contributed by atoms with van der Waals surface area (Å²) >= 11 is 0. The van der Waals surface area contributed by atoms with E-state index in [1.165, 1.54) is 4.31 Å². The molecule has 2 rings (SSSR count). The number of nitrogens with one attached hydrogen (secondary N) is 1. The minimum Gasteiger partial charge on any atom is -0.475 e. The Bertz CT molecular complexity index is 885. The highest BCUT2D eigenvalue weighted by Gasteiger charge is 2.38. The number of aliphatic carboxylic acids is 1. The van der Waals surface area contributed by atoms with E-state index in [-0.39, 0.29) is 12.5 Å². The van der Waals surface area contributed by atoms with Crippen molar-refractivity contribution in [1.82, 2.24) is 14.5 Å². The van der Waals surface area contributed by atoms with E-state index in [2.05, 4.69) is 5.32 Å². The summed E-state index contributed by atoms with van der Waals surface area (Å²) in [4.78, 5) is 23.5. The van der Waals surface area contributed by atoms with Crippen LogP contribution in [0.15, 0.2) is 23.1 Å². The summed E-state index contributed by atoms with van der Waals surface area (Å²) in [6.07, 6.45) is -3.47. The molecule has 1 aromatic rings. The van der Waals surface area contributed by atoms with Crippen molar-refractivity contribution in [2.75, 3.05) is 39.3 Å². The van der Waals surface area contributed by atoms with Crippen LogP contribution in [0.1, 0.15) is 30.9 Å². The second kappa shape index (κ2) is 12.2. The predicted octanol–water partition coefficient (Wildman–Crippen LogP) is 2.16. The lowest BCUT2D eigenvalue weighted by Gasteiger charge is -2.30. The summed E-state index contributed by atoms with van der Waals surface area (Å²) in [6, 6.07) is 5.31. The molecule has 1 fully saturated rings. The average molecular weight is 482 g/mol. The number of hydrogen-bond acceptors (Lipinski definition) is 5. The first-order valence-electron chi connectivity index (χ1n) is 10.2. The molecular weight excluding hydrogens is 451 g/mol. The van der Waals surface area contributed by atoms with Gasteiger partial charge in [0.1, 0.15) is 0 Å². The number of sulfonamides is 1. The van der Waals surface area contributed by atoms with Crippen LogP contribution >= 0.6 is 0 Å². The number of carbonyl (C=O) groups excluding carboxylic acids is 1. The van der Waals surface area contributed by atoms with Crippen molar-refractivity contribution >= 4 is 21.9 Å². The Morgan fingerprint density at radius 2 is 1.75 bits per heavy atom. The highest BCUT2D eigenvalue weighted by Crippen LogP contribution is 2.21. The van der Waals surface area contributed by atoms with E-state index in [9.17, 15) is 26.4 Å². The molecule has 32 heavy (non-hydrogen) atoms.